The molecular formula is C39H60O5S2. The first kappa shape index (κ1) is 34.9. The van der Waals surface area contributed by atoms with Crippen molar-refractivity contribution >= 4 is 41.2 Å². The molecule has 0 aromatic heterocycles. The van der Waals surface area contributed by atoms with Crippen LogP contribution in [0.3, 0.4) is 0 Å². The van der Waals surface area contributed by atoms with Gasteiger partial charge >= 0.3 is 11.9 Å². The fourth-order valence-corrected chi connectivity index (χ4v) is 16.3. The molecule has 5 aliphatic carbocycles. The summed E-state index contributed by atoms with van der Waals surface area (Å²) in [5.41, 5.74) is 2.32. The second kappa shape index (κ2) is 11.6. The highest BCUT2D eigenvalue weighted by Crippen LogP contribution is 2.81. The summed E-state index contributed by atoms with van der Waals surface area (Å²) < 4.78 is 12.6. The topological polar surface area (TPSA) is 69.7 Å². The Hall–Kier alpha value is -0.950. The number of hydrogen-bond acceptors (Lipinski definition) is 7. The molecule has 9 atom stereocenters. The smallest absolute Gasteiger partial charge is 0.303 e. The van der Waals surface area contributed by atoms with E-state index in [-0.39, 0.29) is 61.7 Å². The van der Waals surface area contributed by atoms with Crippen LogP contribution in [0, 0.1) is 50.2 Å². The Morgan fingerprint density at radius 3 is 2.04 bits per heavy atom. The van der Waals surface area contributed by atoms with E-state index in [1.807, 2.05) is 23.5 Å². The van der Waals surface area contributed by atoms with Gasteiger partial charge in [-0.3, -0.25) is 14.4 Å². The van der Waals surface area contributed by atoms with Crippen LogP contribution in [0.5, 0.6) is 0 Å². The van der Waals surface area contributed by atoms with Gasteiger partial charge in [0.15, 0.2) is 5.78 Å². The maximum Gasteiger partial charge on any atom is 0.303 e. The molecule has 5 nitrogen and oxygen atoms in total. The summed E-state index contributed by atoms with van der Waals surface area (Å²) >= 11 is 3.89. The van der Waals surface area contributed by atoms with Gasteiger partial charge in [-0.1, -0.05) is 55.4 Å². The third-order valence-electron chi connectivity index (χ3n) is 15.7. The lowest BCUT2D eigenvalue weighted by Crippen LogP contribution is -2.70. The van der Waals surface area contributed by atoms with E-state index in [2.05, 4.69) is 55.4 Å². The van der Waals surface area contributed by atoms with Gasteiger partial charge in [-0.05, 0) is 120 Å². The first-order chi connectivity index (χ1) is 21.4. The molecule has 6 aliphatic rings. The molecule has 9 unspecified atom stereocenters. The molecule has 0 N–H and O–H groups in total. The molecule has 0 radical (unpaired) electrons. The van der Waals surface area contributed by atoms with Crippen LogP contribution in [-0.2, 0) is 23.9 Å². The third-order valence-corrected chi connectivity index (χ3v) is 18.7. The van der Waals surface area contributed by atoms with Crippen molar-refractivity contribution in [2.24, 2.45) is 50.2 Å². The number of Topliss-reactive ketones (excluding diaryl/α,β-unsaturated/α-hetero) is 1. The number of hydrogen-bond donors (Lipinski definition) is 0. The normalized spacial score (nSPS) is 44.5. The molecule has 5 fully saturated rings. The van der Waals surface area contributed by atoms with Crippen LogP contribution < -0.4 is 0 Å². The average Bonchev–Trinajstić information content (AvgIpc) is 3.28. The highest BCUT2D eigenvalue weighted by atomic mass is 32.2. The van der Waals surface area contributed by atoms with Gasteiger partial charge in [0.25, 0.3) is 0 Å². The average molecular weight is 673 g/mol. The SMILES string of the molecule is CC(=O)OC(C1SCCCS1)C12CCC3(C)C(CCC4(C)C5(C)CCC(OC(C)=O)C(C)(C)C5CCC34C)C1=C(C(C)C)C(=O)C2. The highest BCUT2D eigenvalue weighted by Gasteiger charge is 2.75. The summed E-state index contributed by atoms with van der Waals surface area (Å²) in [4.78, 5) is 39.1. The van der Waals surface area contributed by atoms with Crippen LogP contribution in [0.2, 0.25) is 0 Å². The predicted molar refractivity (Wildman–Crippen MR) is 188 cm³/mol. The molecule has 0 aromatic rings. The van der Waals surface area contributed by atoms with E-state index in [0.29, 0.717) is 24.0 Å². The first-order valence-electron chi connectivity index (χ1n) is 18.2. The van der Waals surface area contributed by atoms with E-state index in [4.69, 9.17) is 9.47 Å². The number of rotatable bonds is 5. The summed E-state index contributed by atoms with van der Waals surface area (Å²) in [5, 5.41) is 0. The molecule has 0 bridgehead atoms. The lowest BCUT2D eigenvalue weighted by Gasteiger charge is -2.76. The number of thioether (sulfide) groups is 2. The van der Waals surface area contributed by atoms with Crippen molar-refractivity contribution in [2.45, 2.75) is 150 Å². The molecule has 4 saturated carbocycles. The molecule has 6 rings (SSSR count). The van der Waals surface area contributed by atoms with Crippen molar-refractivity contribution < 1.29 is 23.9 Å². The highest BCUT2D eigenvalue weighted by molar-refractivity contribution is 8.17. The summed E-state index contributed by atoms with van der Waals surface area (Å²) in [6, 6.07) is 0. The van der Waals surface area contributed by atoms with Crippen LogP contribution in [0.4, 0.5) is 0 Å². The zero-order valence-electron chi connectivity index (χ0n) is 30.3. The Balaban J connectivity index is 1.45. The lowest BCUT2D eigenvalue weighted by molar-refractivity contribution is -0.278. The quantitative estimate of drug-likeness (QED) is 0.270. The minimum Gasteiger partial charge on any atom is -0.462 e. The van der Waals surface area contributed by atoms with E-state index < -0.39 is 5.41 Å². The van der Waals surface area contributed by atoms with E-state index in [9.17, 15) is 14.4 Å². The molecule has 1 aliphatic heterocycles. The van der Waals surface area contributed by atoms with Crippen LogP contribution in [0.25, 0.3) is 0 Å². The monoisotopic (exact) mass is 672 g/mol. The zero-order chi connectivity index (χ0) is 33.7. The van der Waals surface area contributed by atoms with E-state index in [0.717, 1.165) is 68.4 Å². The largest absolute Gasteiger partial charge is 0.462 e. The fourth-order valence-electron chi connectivity index (χ4n) is 13.1. The molecule has 7 heteroatoms. The zero-order valence-corrected chi connectivity index (χ0v) is 31.9. The van der Waals surface area contributed by atoms with Crippen LogP contribution in [-0.4, -0.2) is 46.0 Å². The Morgan fingerprint density at radius 1 is 0.804 bits per heavy atom. The number of esters is 2. The van der Waals surface area contributed by atoms with E-state index >= 15 is 0 Å². The second-order valence-corrected chi connectivity index (χ2v) is 20.7. The van der Waals surface area contributed by atoms with Gasteiger partial charge in [0, 0.05) is 31.1 Å². The maximum atomic E-state index is 14.2. The van der Waals surface area contributed by atoms with Gasteiger partial charge in [0.1, 0.15) is 12.2 Å². The third kappa shape index (κ3) is 4.64. The van der Waals surface area contributed by atoms with Gasteiger partial charge in [0.05, 0.1) is 4.58 Å². The summed E-state index contributed by atoms with van der Waals surface area (Å²) in [5.74, 6) is 3.04. The van der Waals surface area contributed by atoms with Gasteiger partial charge in [-0.2, -0.15) is 0 Å². The van der Waals surface area contributed by atoms with Gasteiger partial charge < -0.3 is 9.47 Å². The van der Waals surface area contributed by atoms with Gasteiger partial charge in [-0.15, -0.1) is 23.5 Å². The minimum absolute atomic E-state index is 0.0298. The molecule has 46 heavy (non-hydrogen) atoms. The molecule has 0 amide bonds. The Morgan fingerprint density at radius 2 is 1.43 bits per heavy atom. The van der Waals surface area contributed by atoms with Crippen LogP contribution in [0.15, 0.2) is 11.1 Å². The summed E-state index contributed by atoms with van der Waals surface area (Å²) in [6.45, 7) is 22.7. The van der Waals surface area contributed by atoms with Crippen LogP contribution >= 0.6 is 23.5 Å². The number of carbonyl (C=O) groups is 3. The Kier molecular flexibility index (Phi) is 8.77. The standard InChI is InChI=1S/C39H60O5S2/c1-23(2)30-27(42)22-39(32(44-25(4)41)33-45-20-11-21-46-33)19-18-35(7)26(31(30)39)12-16-38(10)36(8)15-14-29(43-24(3)40)34(5,6)28(36)13-17-37(35,38)9/h23,26,28-29,32-33H,11-22H2,1-10H3. The molecule has 0 spiro atoms. The molecule has 0 aromatic carbocycles. The van der Waals surface area contributed by atoms with Crippen molar-refractivity contribution in [1.82, 2.24) is 0 Å². The van der Waals surface area contributed by atoms with Gasteiger partial charge in [0.2, 0.25) is 0 Å². The van der Waals surface area contributed by atoms with Gasteiger partial charge in [-0.25, -0.2) is 0 Å². The van der Waals surface area contributed by atoms with Crippen molar-refractivity contribution in [3.63, 3.8) is 0 Å². The van der Waals surface area contributed by atoms with Crippen molar-refractivity contribution in [3.05, 3.63) is 11.1 Å². The van der Waals surface area contributed by atoms with E-state index in [1.54, 1.807) is 13.8 Å². The minimum atomic E-state index is -0.399. The Bertz CT molecular complexity index is 1310. The van der Waals surface area contributed by atoms with Crippen molar-refractivity contribution in [3.8, 4) is 0 Å². The molecule has 1 heterocycles. The molecular weight excluding hydrogens is 613 g/mol. The Labute approximate surface area is 287 Å². The number of ether oxygens (including phenoxy) is 2. The van der Waals surface area contributed by atoms with Crippen molar-refractivity contribution in [2.75, 3.05) is 11.5 Å². The number of allylic oxidation sites excluding steroid dienone is 1. The van der Waals surface area contributed by atoms with Crippen LogP contribution in [0.1, 0.15) is 133 Å². The summed E-state index contributed by atoms with van der Waals surface area (Å²) in [6.07, 6.45) is 9.86. The molecule has 258 valence electrons. The number of ketones is 1. The molecule has 1 saturated heterocycles. The lowest BCUT2D eigenvalue weighted by atomic mass is 9.28. The maximum absolute atomic E-state index is 14.2. The van der Waals surface area contributed by atoms with E-state index in [1.165, 1.54) is 12.0 Å². The first-order valence-corrected chi connectivity index (χ1v) is 20.3. The number of carbonyl (C=O) groups excluding carboxylic acids is 3. The predicted octanol–water partition coefficient (Wildman–Crippen LogP) is 9.42. The summed E-state index contributed by atoms with van der Waals surface area (Å²) in [7, 11) is 0. The second-order valence-electron chi connectivity index (χ2n) is 17.9. The van der Waals surface area contributed by atoms with Crippen molar-refractivity contribution in [1.29, 1.82) is 0 Å². The number of fused-ring (bicyclic) bond motifs is 7. The fraction of sp³-hybridized carbons (Fsp3) is 0.872.